The van der Waals surface area contributed by atoms with E-state index in [0.29, 0.717) is 11.8 Å². The van der Waals surface area contributed by atoms with Crippen LogP contribution >= 0.6 is 11.6 Å². The van der Waals surface area contributed by atoms with E-state index in [1.165, 1.54) is 12.0 Å². The molecule has 1 aromatic rings. The van der Waals surface area contributed by atoms with E-state index in [2.05, 4.69) is 32.9 Å². The summed E-state index contributed by atoms with van der Waals surface area (Å²) in [6, 6.07) is 8.20. The fourth-order valence-corrected chi connectivity index (χ4v) is 2.03. The Morgan fingerprint density at radius 1 is 1.31 bits per heavy atom. The van der Waals surface area contributed by atoms with Crippen LogP contribution in [0.2, 0.25) is 5.02 Å². The summed E-state index contributed by atoms with van der Waals surface area (Å²) in [5.41, 5.74) is 1.37. The molecule has 0 spiro atoms. The second-order valence-electron chi connectivity index (χ2n) is 3.81. The van der Waals surface area contributed by atoms with Gasteiger partial charge in [-0.3, -0.25) is 0 Å². The van der Waals surface area contributed by atoms with Crippen LogP contribution < -0.4 is 0 Å². The van der Waals surface area contributed by atoms with E-state index in [0.717, 1.165) is 5.02 Å². The molecule has 0 aliphatic rings. The van der Waals surface area contributed by atoms with Crippen LogP contribution in [0.3, 0.4) is 0 Å². The van der Waals surface area contributed by atoms with E-state index in [4.69, 9.17) is 11.6 Å². The van der Waals surface area contributed by atoms with Crippen molar-refractivity contribution in [3.8, 4) is 0 Å². The zero-order valence-corrected chi connectivity index (χ0v) is 9.31. The minimum Gasteiger partial charge on any atom is -0.0843 e. The Hall–Kier alpha value is -0.490. The zero-order chi connectivity index (χ0) is 9.84. The van der Waals surface area contributed by atoms with Gasteiger partial charge in [-0.15, -0.1) is 0 Å². The van der Waals surface area contributed by atoms with Gasteiger partial charge >= 0.3 is 0 Å². The highest BCUT2D eigenvalue weighted by Crippen LogP contribution is 2.28. The monoisotopic (exact) mass is 196 g/mol. The zero-order valence-electron chi connectivity index (χ0n) is 8.55. The quantitative estimate of drug-likeness (QED) is 0.668. The van der Waals surface area contributed by atoms with E-state index in [1.807, 2.05) is 12.1 Å². The predicted molar refractivity (Wildman–Crippen MR) is 59.3 cm³/mol. The van der Waals surface area contributed by atoms with Crippen molar-refractivity contribution in [1.29, 1.82) is 0 Å². The fourth-order valence-electron chi connectivity index (χ4n) is 1.83. The molecular formula is C12H17Cl. The molecule has 1 heteroatoms. The van der Waals surface area contributed by atoms with Crippen molar-refractivity contribution in [2.75, 3.05) is 0 Å². The van der Waals surface area contributed by atoms with Gasteiger partial charge in [0, 0.05) is 5.02 Å². The lowest BCUT2D eigenvalue weighted by molar-refractivity contribution is 0.485. The average molecular weight is 197 g/mol. The van der Waals surface area contributed by atoms with Gasteiger partial charge in [-0.1, -0.05) is 44.5 Å². The molecule has 72 valence electrons. The largest absolute Gasteiger partial charge is 0.0843 e. The number of hydrogen-bond acceptors (Lipinski definition) is 0. The Morgan fingerprint density at radius 3 is 2.46 bits per heavy atom. The first-order chi connectivity index (χ1) is 6.15. The summed E-state index contributed by atoms with van der Waals surface area (Å²) in [4.78, 5) is 0. The molecule has 13 heavy (non-hydrogen) atoms. The average Bonchev–Trinajstić information content (AvgIpc) is 2.04. The highest BCUT2D eigenvalue weighted by atomic mass is 35.5. The highest BCUT2D eigenvalue weighted by molar-refractivity contribution is 6.30. The van der Waals surface area contributed by atoms with Crippen LogP contribution in [0.1, 0.15) is 38.7 Å². The summed E-state index contributed by atoms with van der Waals surface area (Å²) in [6.07, 6.45) is 1.18. The minimum absolute atomic E-state index is 0.638. The maximum Gasteiger partial charge on any atom is 0.0408 e. The Kier molecular flexibility index (Phi) is 3.80. The van der Waals surface area contributed by atoms with Gasteiger partial charge in [-0.25, -0.2) is 0 Å². The molecule has 0 saturated carbocycles. The summed E-state index contributed by atoms with van der Waals surface area (Å²) >= 11 is 5.95. The van der Waals surface area contributed by atoms with Gasteiger partial charge in [0.15, 0.2) is 0 Å². The lowest BCUT2D eigenvalue weighted by Gasteiger charge is -2.19. The van der Waals surface area contributed by atoms with Crippen LogP contribution in [0.25, 0.3) is 0 Å². The third-order valence-corrected chi connectivity index (χ3v) is 2.76. The Morgan fingerprint density at radius 2 is 2.00 bits per heavy atom. The topological polar surface area (TPSA) is 0 Å². The van der Waals surface area contributed by atoms with Crippen LogP contribution in [0.4, 0.5) is 0 Å². The lowest BCUT2D eigenvalue weighted by Crippen LogP contribution is -2.04. The lowest BCUT2D eigenvalue weighted by atomic mass is 9.86. The van der Waals surface area contributed by atoms with E-state index in [9.17, 15) is 0 Å². The standard InChI is InChI=1S/C12H17Cl/c1-4-12(9(2)3)10-6-5-7-11(13)8-10/h5-9,12H,4H2,1-3H3. The number of benzene rings is 1. The van der Waals surface area contributed by atoms with E-state index in [1.54, 1.807) is 0 Å². The van der Waals surface area contributed by atoms with Gasteiger partial charge in [0.1, 0.15) is 0 Å². The molecule has 1 rings (SSSR count). The van der Waals surface area contributed by atoms with Crippen LogP contribution in [0.5, 0.6) is 0 Å². The predicted octanol–water partition coefficient (Wildman–Crippen LogP) is 4.49. The summed E-state index contributed by atoms with van der Waals surface area (Å²) in [5, 5.41) is 0.844. The van der Waals surface area contributed by atoms with E-state index < -0.39 is 0 Å². The molecular weight excluding hydrogens is 180 g/mol. The molecule has 0 fully saturated rings. The van der Waals surface area contributed by atoms with Gasteiger partial charge in [0.2, 0.25) is 0 Å². The van der Waals surface area contributed by atoms with Gasteiger partial charge in [-0.2, -0.15) is 0 Å². The van der Waals surface area contributed by atoms with Gasteiger partial charge in [0.05, 0.1) is 0 Å². The van der Waals surface area contributed by atoms with Crippen molar-refractivity contribution in [3.05, 3.63) is 34.9 Å². The smallest absolute Gasteiger partial charge is 0.0408 e. The summed E-state index contributed by atoms with van der Waals surface area (Å²) in [7, 11) is 0. The van der Waals surface area contributed by atoms with Crippen LogP contribution in [-0.4, -0.2) is 0 Å². The molecule has 0 saturated heterocycles. The fraction of sp³-hybridized carbons (Fsp3) is 0.500. The third-order valence-electron chi connectivity index (χ3n) is 2.52. The van der Waals surface area contributed by atoms with Crippen LogP contribution in [0.15, 0.2) is 24.3 Å². The summed E-state index contributed by atoms with van der Waals surface area (Å²) in [6.45, 7) is 6.75. The molecule has 1 aromatic carbocycles. The minimum atomic E-state index is 0.638. The molecule has 0 aliphatic heterocycles. The van der Waals surface area contributed by atoms with Crippen LogP contribution in [0, 0.1) is 5.92 Å². The van der Waals surface area contributed by atoms with Crippen molar-refractivity contribution >= 4 is 11.6 Å². The Balaban J connectivity index is 2.91. The first-order valence-corrected chi connectivity index (χ1v) is 5.28. The van der Waals surface area contributed by atoms with Crippen molar-refractivity contribution in [1.82, 2.24) is 0 Å². The molecule has 0 bridgehead atoms. The Bertz CT molecular complexity index is 266. The van der Waals surface area contributed by atoms with E-state index in [-0.39, 0.29) is 0 Å². The molecule has 0 aliphatic carbocycles. The first kappa shape index (κ1) is 10.6. The first-order valence-electron chi connectivity index (χ1n) is 4.90. The molecule has 0 amide bonds. The summed E-state index contributed by atoms with van der Waals surface area (Å²) < 4.78 is 0. The van der Waals surface area contributed by atoms with Crippen molar-refractivity contribution in [2.45, 2.75) is 33.1 Å². The number of rotatable bonds is 3. The second-order valence-corrected chi connectivity index (χ2v) is 4.25. The molecule has 0 N–H and O–H groups in total. The maximum atomic E-state index is 5.95. The van der Waals surface area contributed by atoms with Gasteiger partial charge in [-0.05, 0) is 36.0 Å². The second kappa shape index (κ2) is 4.66. The van der Waals surface area contributed by atoms with Crippen molar-refractivity contribution < 1.29 is 0 Å². The van der Waals surface area contributed by atoms with Gasteiger partial charge < -0.3 is 0 Å². The van der Waals surface area contributed by atoms with Gasteiger partial charge in [0.25, 0.3) is 0 Å². The highest BCUT2D eigenvalue weighted by Gasteiger charge is 2.13. The number of hydrogen-bond donors (Lipinski definition) is 0. The molecule has 0 heterocycles. The molecule has 1 unspecified atom stereocenters. The summed E-state index contributed by atoms with van der Waals surface area (Å²) in [5.74, 6) is 1.32. The van der Waals surface area contributed by atoms with Crippen molar-refractivity contribution in [3.63, 3.8) is 0 Å². The normalized spacial score (nSPS) is 13.3. The van der Waals surface area contributed by atoms with Crippen LogP contribution in [-0.2, 0) is 0 Å². The molecule has 0 aromatic heterocycles. The Labute approximate surface area is 85.9 Å². The molecule has 0 nitrogen and oxygen atoms in total. The number of halogens is 1. The maximum absolute atomic E-state index is 5.95. The molecule has 1 atom stereocenters. The van der Waals surface area contributed by atoms with Crippen molar-refractivity contribution in [2.24, 2.45) is 5.92 Å². The SMILES string of the molecule is CCC(c1cccc(Cl)c1)C(C)C. The molecule has 0 radical (unpaired) electrons. The third kappa shape index (κ3) is 2.73. The van der Waals surface area contributed by atoms with E-state index >= 15 is 0 Å².